The fraction of sp³-hybridized carbons (Fsp3) is 0.394. The molecule has 0 radical (unpaired) electrons. The Bertz CT molecular complexity index is 1560. The average molecular weight is 604 g/mol. The van der Waals surface area contributed by atoms with Gasteiger partial charge in [0.15, 0.2) is 0 Å². The molecule has 10 heteroatoms. The molecular formula is C33H37N3O6S. The van der Waals surface area contributed by atoms with E-state index in [9.17, 15) is 9.59 Å². The summed E-state index contributed by atoms with van der Waals surface area (Å²) in [5.74, 6) is 0.765. The van der Waals surface area contributed by atoms with E-state index >= 15 is 0 Å². The molecule has 2 heterocycles. The van der Waals surface area contributed by atoms with Crippen LogP contribution in [0, 0.1) is 5.92 Å². The lowest BCUT2D eigenvalue weighted by Gasteiger charge is -2.30. The minimum absolute atomic E-state index is 0.127. The zero-order chi connectivity index (χ0) is 30.9. The molecule has 2 fully saturated rings. The first-order chi connectivity index (χ1) is 20.5. The van der Waals surface area contributed by atoms with Gasteiger partial charge in [0.25, 0.3) is 0 Å². The van der Waals surface area contributed by atoms with Crippen LogP contribution in [0.25, 0.3) is 22.2 Å². The van der Waals surface area contributed by atoms with Crippen molar-refractivity contribution in [3.63, 3.8) is 0 Å². The van der Waals surface area contributed by atoms with Crippen molar-refractivity contribution < 1.29 is 28.5 Å². The van der Waals surface area contributed by atoms with Crippen molar-refractivity contribution >= 4 is 40.2 Å². The second-order valence-electron chi connectivity index (χ2n) is 11.9. The molecule has 2 aliphatic rings. The molecule has 0 bridgehead atoms. The summed E-state index contributed by atoms with van der Waals surface area (Å²) in [6.07, 6.45) is 1.69. The van der Waals surface area contributed by atoms with Crippen LogP contribution in [-0.2, 0) is 14.3 Å². The lowest BCUT2D eigenvalue weighted by molar-refractivity contribution is -0.144. The summed E-state index contributed by atoms with van der Waals surface area (Å²) in [5, 5.41) is 4.03. The molecule has 226 valence electrons. The van der Waals surface area contributed by atoms with Crippen LogP contribution >= 0.6 is 12.2 Å². The fourth-order valence-corrected chi connectivity index (χ4v) is 5.88. The molecule has 43 heavy (non-hydrogen) atoms. The van der Waals surface area contributed by atoms with Gasteiger partial charge in [0.1, 0.15) is 28.7 Å². The maximum atomic E-state index is 13.4. The molecule has 1 N–H and O–H groups in total. The van der Waals surface area contributed by atoms with E-state index in [1.165, 1.54) is 7.11 Å². The maximum Gasteiger partial charge on any atom is 0.411 e. The van der Waals surface area contributed by atoms with Crippen molar-refractivity contribution in [2.24, 2.45) is 5.92 Å². The Morgan fingerprint density at radius 3 is 2.51 bits per heavy atom. The van der Waals surface area contributed by atoms with Crippen LogP contribution in [0.2, 0.25) is 0 Å². The molecule has 3 aromatic rings. The predicted octanol–water partition coefficient (Wildman–Crippen LogP) is 5.70. The van der Waals surface area contributed by atoms with E-state index in [1.54, 1.807) is 18.1 Å². The molecule has 1 aliphatic heterocycles. The Morgan fingerprint density at radius 2 is 1.88 bits per heavy atom. The monoisotopic (exact) mass is 603 g/mol. The molecule has 4 atom stereocenters. The third kappa shape index (κ3) is 6.29. The Morgan fingerprint density at radius 1 is 1.14 bits per heavy atom. The highest BCUT2D eigenvalue weighted by atomic mass is 32.1. The summed E-state index contributed by atoms with van der Waals surface area (Å²) in [4.78, 5) is 32.9. The summed E-state index contributed by atoms with van der Waals surface area (Å²) < 4.78 is 22.9. The van der Waals surface area contributed by atoms with E-state index in [-0.39, 0.29) is 12.5 Å². The standard InChI is InChI=1S/C33H37N3O6S/c1-7-21-18-33(21,30(37)40-6)35-29(43)27-16-23(19-36(27)31(38)42-32(2,3)4)41-28-17-25(20-11-9-8-10-12-20)34-26-15-22(39-5)13-14-24(26)28/h7-15,17,21,23,27H,1,16,18-19H2,2-6H3,(H,35,43)/t21-,23-,27+,33-/m1/s1. The molecule has 9 nitrogen and oxygen atoms in total. The summed E-state index contributed by atoms with van der Waals surface area (Å²) >= 11 is 5.83. The van der Waals surface area contributed by atoms with Gasteiger partial charge in [-0.15, -0.1) is 6.58 Å². The van der Waals surface area contributed by atoms with Crippen molar-refractivity contribution in [3.8, 4) is 22.8 Å². The number of benzene rings is 2. The number of ether oxygens (including phenoxy) is 4. The van der Waals surface area contributed by atoms with Gasteiger partial charge in [-0.3, -0.25) is 4.90 Å². The second-order valence-corrected chi connectivity index (χ2v) is 12.3. The number of carbonyl (C=O) groups excluding carboxylic acids is 2. The Balaban J connectivity index is 1.46. The van der Waals surface area contributed by atoms with Gasteiger partial charge in [0.05, 0.1) is 43.0 Å². The largest absolute Gasteiger partial charge is 0.497 e. The van der Waals surface area contributed by atoms with Crippen LogP contribution in [0.15, 0.2) is 67.3 Å². The quantitative estimate of drug-likeness (QED) is 0.197. The van der Waals surface area contributed by atoms with Crippen molar-refractivity contribution in [2.45, 2.75) is 56.9 Å². The topological polar surface area (TPSA) is 99.2 Å². The van der Waals surface area contributed by atoms with Crippen LogP contribution in [0.1, 0.15) is 33.6 Å². The van der Waals surface area contributed by atoms with Crippen molar-refractivity contribution in [3.05, 3.63) is 67.3 Å². The molecule has 1 aliphatic carbocycles. The molecule has 2 aromatic carbocycles. The first-order valence-corrected chi connectivity index (χ1v) is 14.6. The molecule has 0 spiro atoms. The Labute approximate surface area is 257 Å². The number of fused-ring (bicyclic) bond motifs is 1. The number of aromatic nitrogens is 1. The zero-order valence-electron chi connectivity index (χ0n) is 25.1. The highest BCUT2D eigenvalue weighted by molar-refractivity contribution is 7.80. The van der Waals surface area contributed by atoms with Crippen molar-refractivity contribution in [2.75, 3.05) is 20.8 Å². The highest BCUT2D eigenvalue weighted by Crippen LogP contribution is 2.46. The van der Waals surface area contributed by atoms with Crippen LogP contribution in [0.4, 0.5) is 4.79 Å². The highest BCUT2D eigenvalue weighted by Gasteiger charge is 2.61. The van der Waals surface area contributed by atoms with Gasteiger partial charge in [-0.1, -0.05) is 48.6 Å². The summed E-state index contributed by atoms with van der Waals surface area (Å²) in [6.45, 7) is 9.51. The first-order valence-electron chi connectivity index (χ1n) is 14.2. The van der Waals surface area contributed by atoms with Crippen LogP contribution in [-0.4, -0.2) is 71.0 Å². The molecule has 1 saturated carbocycles. The third-order valence-electron chi connectivity index (χ3n) is 7.73. The van der Waals surface area contributed by atoms with E-state index in [0.29, 0.717) is 29.3 Å². The van der Waals surface area contributed by atoms with Crippen LogP contribution < -0.4 is 14.8 Å². The van der Waals surface area contributed by atoms with Crippen molar-refractivity contribution in [1.82, 2.24) is 15.2 Å². The number of thiocarbonyl (C=S) groups is 1. The summed E-state index contributed by atoms with van der Waals surface area (Å²) in [5.41, 5.74) is 0.707. The number of hydrogen-bond donors (Lipinski definition) is 1. The smallest absolute Gasteiger partial charge is 0.411 e. The second kappa shape index (κ2) is 11.8. The maximum absolute atomic E-state index is 13.4. The van der Waals surface area contributed by atoms with Gasteiger partial charge < -0.3 is 24.3 Å². The number of esters is 1. The third-order valence-corrected chi connectivity index (χ3v) is 8.10. The predicted molar refractivity (Wildman–Crippen MR) is 168 cm³/mol. The first kappa shape index (κ1) is 30.3. The van der Waals surface area contributed by atoms with E-state index in [0.717, 1.165) is 22.2 Å². The van der Waals surface area contributed by atoms with E-state index in [2.05, 4.69) is 11.9 Å². The number of carbonyl (C=O) groups is 2. The Hall–Kier alpha value is -4.18. The molecule has 1 aromatic heterocycles. The van der Waals surface area contributed by atoms with E-state index in [1.807, 2.05) is 75.4 Å². The van der Waals surface area contributed by atoms with Crippen LogP contribution in [0.3, 0.4) is 0 Å². The van der Waals surface area contributed by atoms with Gasteiger partial charge in [-0.25, -0.2) is 14.6 Å². The molecule has 1 saturated heterocycles. The number of rotatable bonds is 8. The average Bonchev–Trinajstić information content (AvgIpc) is 3.54. The van der Waals surface area contributed by atoms with Crippen LogP contribution in [0.5, 0.6) is 11.5 Å². The number of nitrogens with zero attached hydrogens (tertiary/aromatic N) is 2. The summed E-state index contributed by atoms with van der Waals surface area (Å²) in [7, 11) is 2.96. The van der Waals surface area contributed by atoms with Gasteiger partial charge in [0.2, 0.25) is 0 Å². The number of likely N-dealkylation sites (tertiary alicyclic amines) is 1. The number of methoxy groups -OCH3 is 2. The van der Waals surface area contributed by atoms with Crippen molar-refractivity contribution in [1.29, 1.82) is 0 Å². The molecule has 0 unspecified atom stereocenters. The van der Waals surface area contributed by atoms with Gasteiger partial charge in [0, 0.05) is 35.4 Å². The lowest BCUT2D eigenvalue weighted by atomic mass is 10.1. The zero-order valence-corrected chi connectivity index (χ0v) is 25.9. The minimum Gasteiger partial charge on any atom is -0.497 e. The minimum atomic E-state index is -0.989. The molecular weight excluding hydrogens is 566 g/mol. The summed E-state index contributed by atoms with van der Waals surface area (Å²) in [6, 6.07) is 16.8. The number of pyridine rings is 1. The number of nitrogens with one attached hydrogen (secondary N) is 1. The molecule has 1 amide bonds. The molecule has 5 rings (SSSR count). The number of amides is 1. The van der Waals surface area contributed by atoms with Gasteiger partial charge >= 0.3 is 12.1 Å². The lowest BCUT2D eigenvalue weighted by Crippen LogP contribution is -2.53. The van der Waals surface area contributed by atoms with E-state index in [4.69, 9.17) is 36.1 Å². The van der Waals surface area contributed by atoms with E-state index < -0.39 is 35.3 Å². The van der Waals surface area contributed by atoms with Gasteiger partial charge in [-0.2, -0.15) is 0 Å². The Kier molecular flexibility index (Phi) is 8.34. The normalized spacial score (nSPS) is 22.9. The fourth-order valence-electron chi connectivity index (χ4n) is 5.48. The number of hydrogen-bond acceptors (Lipinski definition) is 8. The van der Waals surface area contributed by atoms with Gasteiger partial charge in [-0.05, 0) is 39.3 Å². The SMILES string of the molecule is C=C[C@@H]1C[C@]1(NC(=S)[C@@H]1C[C@@H](Oc2cc(-c3ccccc3)nc3cc(OC)ccc23)CN1C(=O)OC(C)(C)C)C(=O)OC.